The number of halogens is 2. The molecule has 0 saturated heterocycles. The minimum Gasteiger partial charge on any atom is -0.454 e. The highest BCUT2D eigenvalue weighted by molar-refractivity contribution is 6.30. The van der Waals surface area contributed by atoms with Crippen molar-refractivity contribution in [1.29, 1.82) is 0 Å². The third kappa shape index (κ3) is 3.42. The van der Waals surface area contributed by atoms with Crippen LogP contribution in [0, 0.1) is 5.82 Å². The lowest BCUT2D eigenvalue weighted by molar-refractivity contribution is 0.174. The Morgan fingerprint density at radius 3 is 2.65 bits per heavy atom. The lowest BCUT2D eigenvalue weighted by Crippen LogP contribution is -2.27. The molecule has 1 aliphatic heterocycles. The van der Waals surface area contributed by atoms with Gasteiger partial charge < -0.3 is 19.9 Å². The summed E-state index contributed by atoms with van der Waals surface area (Å²) >= 11 is 5.70. The summed E-state index contributed by atoms with van der Waals surface area (Å²) in [5.41, 5.74) is 1.63. The van der Waals surface area contributed by atoms with E-state index in [9.17, 15) is 9.50 Å². The van der Waals surface area contributed by atoms with Gasteiger partial charge in [-0.2, -0.15) is 0 Å². The lowest BCUT2D eigenvalue weighted by Gasteiger charge is -2.23. The molecule has 1 aliphatic rings. The van der Waals surface area contributed by atoms with Gasteiger partial charge in [0.2, 0.25) is 6.79 Å². The smallest absolute Gasteiger partial charge is 0.231 e. The number of rotatable bonds is 5. The molecule has 2 aromatic rings. The number of fused-ring (bicyclic) bond motifs is 1. The number of nitrogens with one attached hydrogen (secondary N) is 1. The van der Waals surface area contributed by atoms with Gasteiger partial charge in [-0.05, 0) is 42.3 Å². The standard InChI is InChI=1S/C17H17ClFNO3/c1-10(11-3-5-16-17(7-11)23-9-22-16)20-15(8-21)12-2-4-13(18)14(19)6-12/h2-7,10,15,20-21H,8-9H2,1H3. The van der Waals surface area contributed by atoms with Crippen LogP contribution >= 0.6 is 11.6 Å². The van der Waals surface area contributed by atoms with E-state index in [0.29, 0.717) is 11.3 Å². The molecule has 122 valence electrons. The van der Waals surface area contributed by atoms with Gasteiger partial charge >= 0.3 is 0 Å². The number of ether oxygens (including phenoxy) is 2. The first kappa shape index (κ1) is 16.1. The van der Waals surface area contributed by atoms with Gasteiger partial charge in [0.05, 0.1) is 17.7 Å². The molecule has 0 spiro atoms. The summed E-state index contributed by atoms with van der Waals surface area (Å²) in [4.78, 5) is 0. The zero-order valence-electron chi connectivity index (χ0n) is 12.6. The maximum absolute atomic E-state index is 13.6. The van der Waals surface area contributed by atoms with E-state index in [4.69, 9.17) is 21.1 Å². The molecule has 0 aromatic heterocycles. The van der Waals surface area contributed by atoms with E-state index in [1.807, 2.05) is 25.1 Å². The van der Waals surface area contributed by atoms with Crippen LogP contribution < -0.4 is 14.8 Å². The fourth-order valence-corrected chi connectivity index (χ4v) is 2.68. The number of hydrogen-bond acceptors (Lipinski definition) is 4. The third-order valence-electron chi connectivity index (χ3n) is 3.88. The normalized spacial score (nSPS) is 15.5. The molecule has 3 rings (SSSR count). The predicted octanol–water partition coefficient (Wildman–Crippen LogP) is 3.59. The highest BCUT2D eigenvalue weighted by atomic mass is 35.5. The molecule has 0 saturated carbocycles. The zero-order valence-corrected chi connectivity index (χ0v) is 13.3. The number of aliphatic hydroxyl groups excluding tert-OH is 1. The first-order chi connectivity index (χ1) is 11.1. The summed E-state index contributed by atoms with van der Waals surface area (Å²) in [6.07, 6.45) is 0. The average molecular weight is 338 g/mol. The highest BCUT2D eigenvalue weighted by Crippen LogP contribution is 2.34. The second-order valence-electron chi connectivity index (χ2n) is 5.41. The molecule has 0 aliphatic carbocycles. The Morgan fingerprint density at radius 2 is 1.91 bits per heavy atom. The summed E-state index contributed by atoms with van der Waals surface area (Å²) in [5.74, 6) is 0.925. The van der Waals surface area contributed by atoms with Crippen molar-refractivity contribution in [2.45, 2.75) is 19.0 Å². The van der Waals surface area contributed by atoms with E-state index in [1.165, 1.54) is 12.1 Å². The first-order valence-corrected chi connectivity index (χ1v) is 7.67. The summed E-state index contributed by atoms with van der Waals surface area (Å²) in [7, 11) is 0. The Labute approximate surface area is 138 Å². The summed E-state index contributed by atoms with van der Waals surface area (Å²) in [5, 5.41) is 13.0. The number of benzene rings is 2. The maximum atomic E-state index is 13.6. The first-order valence-electron chi connectivity index (χ1n) is 7.30. The van der Waals surface area contributed by atoms with Crippen LogP contribution in [0.3, 0.4) is 0 Å². The maximum Gasteiger partial charge on any atom is 0.231 e. The van der Waals surface area contributed by atoms with E-state index >= 15 is 0 Å². The topological polar surface area (TPSA) is 50.7 Å². The van der Waals surface area contributed by atoms with Gasteiger partial charge in [-0.25, -0.2) is 4.39 Å². The molecule has 0 amide bonds. The molecule has 0 fully saturated rings. The molecule has 0 bridgehead atoms. The molecular formula is C17H17ClFNO3. The molecule has 2 unspecified atom stereocenters. The van der Waals surface area contributed by atoms with E-state index in [-0.39, 0.29) is 24.5 Å². The Bertz CT molecular complexity index is 710. The fourth-order valence-electron chi connectivity index (χ4n) is 2.56. The van der Waals surface area contributed by atoms with Gasteiger partial charge in [-0.15, -0.1) is 0 Å². The van der Waals surface area contributed by atoms with Gasteiger partial charge in [-0.3, -0.25) is 0 Å². The average Bonchev–Trinajstić information content (AvgIpc) is 3.02. The van der Waals surface area contributed by atoms with Crippen LogP contribution in [0.4, 0.5) is 4.39 Å². The van der Waals surface area contributed by atoms with Crippen molar-refractivity contribution in [1.82, 2.24) is 5.32 Å². The van der Waals surface area contributed by atoms with Crippen molar-refractivity contribution in [2.24, 2.45) is 0 Å². The van der Waals surface area contributed by atoms with Crippen LogP contribution in [0.15, 0.2) is 36.4 Å². The molecule has 2 aromatic carbocycles. The second-order valence-corrected chi connectivity index (χ2v) is 5.82. The molecule has 2 atom stereocenters. The summed E-state index contributed by atoms with van der Waals surface area (Å²) < 4.78 is 24.3. The zero-order chi connectivity index (χ0) is 16.4. The van der Waals surface area contributed by atoms with Crippen molar-refractivity contribution < 1.29 is 19.0 Å². The Balaban J connectivity index is 1.76. The lowest BCUT2D eigenvalue weighted by atomic mass is 10.0. The van der Waals surface area contributed by atoms with Gasteiger partial charge in [-0.1, -0.05) is 23.7 Å². The molecule has 2 N–H and O–H groups in total. The Morgan fingerprint density at radius 1 is 1.17 bits per heavy atom. The monoisotopic (exact) mass is 337 g/mol. The van der Waals surface area contributed by atoms with Gasteiger partial charge in [0.25, 0.3) is 0 Å². The summed E-state index contributed by atoms with van der Waals surface area (Å²) in [6.45, 7) is 2.03. The van der Waals surface area contributed by atoms with E-state index in [2.05, 4.69) is 5.32 Å². The van der Waals surface area contributed by atoms with E-state index in [1.54, 1.807) is 6.07 Å². The SMILES string of the molecule is CC(NC(CO)c1ccc(Cl)c(F)c1)c1ccc2c(c1)OCO2. The van der Waals surface area contributed by atoms with E-state index < -0.39 is 11.9 Å². The van der Waals surface area contributed by atoms with Crippen molar-refractivity contribution in [3.8, 4) is 11.5 Å². The minimum atomic E-state index is -0.500. The van der Waals surface area contributed by atoms with Gasteiger partial charge in [0, 0.05) is 6.04 Å². The van der Waals surface area contributed by atoms with Crippen LogP contribution in [0.2, 0.25) is 5.02 Å². The number of aliphatic hydroxyl groups is 1. The van der Waals surface area contributed by atoms with Crippen molar-refractivity contribution in [3.63, 3.8) is 0 Å². The number of hydrogen-bond donors (Lipinski definition) is 2. The molecular weight excluding hydrogens is 321 g/mol. The molecule has 0 radical (unpaired) electrons. The van der Waals surface area contributed by atoms with Crippen molar-refractivity contribution >= 4 is 11.6 Å². The predicted molar refractivity (Wildman–Crippen MR) is 85.4 cm³/mol. The van der Waals surface area contributed by atoms with Gasteiger partial charge in [0.1, 0.15) is 5.82 Å². The minimum absolute atomic E-state index is 0.0641. The van der Waals surface area contributed by atoms with E-state index in [0.717, 1.165) is 11.3 Å². The summed E-state index contributed by atoms with van der Waals surface area (Å²) in [6, 6.07) is 9.74. The van der Waals surface area contributed by atoms with Crippen molar-refractivity contribution in [3.05, 3.63) is 58.4 Å². The van der Waals surface area contributed by atoms with Crippen LogP contribution in [0.1, 0.15) is 30.1 Å². The highest BCUT2D eigenvalue weighted by Gasteiger charge is 2.19. The third-order valence-corrected chi connectivity index (χ3v) is 4.18. The second kappa shape index (κ2) is 6.74. The van der Waals surface area contributed by atoms with Crippen LogP contribution in [0.25, 0.3) is 0 Å². The quantitative estimate of drug-likeness (QED) is 0.875. The van der Waals surface area contributed by atoms with Crippen LogP contribution in [-0.4, -0.2) is 18.5 Å². The molecule has 1 heterocycles. The fraction of sp³-hybridized carbons (Fsp3) is 0.294. The Hall–Kier alpha value is -1.82. The molecule has 6 heteroatoms. The van der Waals surface area contributed by atoms with Crippen LogP contribution in [0.5, 0.6) is 11.5 Å². The van der Waals surface area contributed by atoms with Gasteiger partial charge in [0.15, 0.2) is 11.5 Å². The Kier molecular flexibility index (Phi) is 4.71. The molecule has 23 heavy (non-hydrogen) atoms. The molecule has 4 nitrogen and oxygen atoms in total. The van der Waals surface area contributed by atoms with Crippen LogP contribution in [-0.2, 0) is 0 Å². The van der Waals surface area contributed by atoms with Crippen molar-refractivity contribution in [2.75, 3.05) is 13.4 Å². The largest absolute Gasteiger partial charge is 0.454 e.